The first kappa shape index (κ1) is 14.1. The van der Waals surface area contributed by atoms with E-state index in [1.165, 1.54) is 0 Å². The first-order valence-electron chi connectivity index (χ1n) is 6.24. The molecule has 1 heterocycles. The van der Waals surface area contributed by atoms with Gasteiger partial charge >= 0.3 is 6.18 Å². The van der Waals surface area contributed by atoms with E-state index in [2.05, 4.69) is 10.2 Å². The van der Waals surface area contributed by atoms with Gasteiger partial charge in [-0.1, -0.05) is 12.1 Å². The highest BCUT2D eigenvalue weighted by Gasteiger charge is 2.28. The van der Waals surface area contributed by atoms with Crippen molar-refractivity contribution in [2.75, 3.05) is 32.8 Å². The molecule has 2 rings (SSSR count). The summed E-state index contributed by atoms with van der Waals surface area (Å²) in [6.07, 6.45) is -4.30. The Kier molecular flexibility index (Phi) is 4.66. The van der Waals surface area contributed by atoms with Crippen LogP contribution in [0.1, 0.15) is 5.56 Å². The van der Waals surface area contributed by atoms with Gasteiger partial charge in [-0.25, -0.2) is 0 Å². The van der Waals surface area contributed by atoms with Gasteiger partial charge in [0.25, 0.3) is 0 Å². The van der Waals surface area contributed by atoms with Crippen LogP contribution < -0.4 is 10.1 Å². The molecule has 1 fully saturated rings. The normalized spacial score (nSPS) is 17.4. The van der Waals surface area contributed by atoms with Crippen LogP contribution in [-0.2, 0) is 6.54 Å². The Labute approximate surface area is 110 Å². The van der Waals surface area contributed by atoms with Crippen LogP contribution in [0.4, 0.5) is 13.2 Å². The van der Waals surface area contributed by atoms with Gasteiger partial charge in [0.15, 0.2) is 6.61 Å². The maximum atomic E-state index is 12.1. The van der Waals surface area contributed by atoms with Crippen LogP contribution in [0.3, 0.4) is 0 Å². The molecule has 106 valence electrons. The molecule has 3 nitrogen and oxygen atoms in total. The van der Waals surface area contributed by atoms with Crippen molar-refractivity contribution < 1.29 is 17.9 Å². The number of halogens is 3. The Bertz CT molecular complexity index is 403. The predicted octanol–water partition coefficient (Wildman–Crippen LogP) is 2.03. The molecule has 1 saturated heterocycles. The Morgan fingerprint density at radius 2 is 1.95 bits per heavy atom. The number of nitrogens with one attached hydrogen (secondary N) is 1. The van der Waals surface area contributed by atoms with Gasteiger partial charge in [-0.15, -0.1) is 0 Å². The molecule has 0 aliphatic carbocycles. The summed E-state index contributed by atoms with van der Waals surface area (Å²) >= 11 is 0. The van der Waals surface area contributed by atoms with Crippen LogP contribution in [0.2, 0.25) is 0 Å². The van der Waals surface area contributed by atoms with E-state index < -0.39 is 12.8 Å². The molecule has 1 aromatic carbocycles. The van der Waals surface area contributed by atoms with E-state index in [0.29, 0.717) is 0 Å². The van der Waals surface area contributed by atoms with E-state index in [0.717, 1.165) is 38.3 Å². The zero-order valence-electron chi connectivity index (χ0n) is 10.5. The number of alkyl halides is 3. The lowest BCUT2D eigenvalue weighted by molar-refractivity contribution is -0.153. The summed E-state index contributed by atoms with van der Waals surface area (Å²) in [5, 5.41) is 3.26. The van der Waals surface area contributed by atoms with E-state index >= 15 is 0 Å². The maximum absolute atomic E-state index is 12.1. The highest BCUT2D eigenvalue weighted by molar-refractivity contribution is 5.28. The van der Waals surface area contributed by atoms with Crippen LogP contribution in [0.5, 0.6) is 5.75 Å². The molecule has 0 saturated carbocycles. The molecule has 1 aromatic rings. The molecule has 19 heavy (non-hydrogen) atoms. The molecular weight excluding hydrogens is 257 g/mol. The lowest BCUT2D eigenvalue weighted by Crippen LogP contribution is -2.42. The van der Waals surface area contributed by atoms with Crippen molar-refractivity contribution >= 4 is 0 Å². The molecule has 1 aliphatic heterocycles. The number of hydrogen-bond acceptors (Lipinski definition) is 3. The summed E-state index contributed by atoms with van der Waals surface area (Å²) in [5.41, 5.74) is 0.974. The van der Waals surface area contributed by atoms with Gasteiger partial charge in [-0.05, 0) is 17.7 Å². The second-order valence-electron chi connectivity index (χ2n) is 4.58. The minimum Gasteiger partial charge on any atom is -0.484 e. The summed E-state index contributed by atoms with van der Waals surface area (Å²) in [6.45, 7) is 3.30. The first-order valence-corrected chi connectivity index (χ1v) is 6.24. The fourth-order valence-electron chi connectivity index (χ4n) is 2.03. The van der Waals surface area contributed by atoms with Gasteiger partial charge in [0, 0.05) is 32.7 Å². The van der Waals surface area contributed by atoms with Gasteiger partial charge < -0.3 is 10.1 Å². The fraction of sp³-hybridized carbons (Fsp3) is 0.538. The molecule has 0 atom stereocenters. The monoisotopic (exact) mass is 274 g/mol. The molecule has 0 radical (unpaired) electrons. The van der Waals surface area contributed by atoms with E-state index in [-0.39, 0.29) is 5.75 Å². The number of rotatable bonds is 4. The van der Waals surface area contributed by atoms with Crippen molar-refractivity contribution in [3.63, 3.8) is 0 Å². The minimum atomic E-state index is -4.30. The highest BCUT2D eigenvalue weighted by atomic mass is 19.4. The predicted molar refractivity (Wildman–Crippen MR) is 66.1 cm³/mol. The number of benzene rings is 1. The summed E-state index contributed by atoms with van der Waals surface area (Å²) in [5.74, 6) is 0.268. The topological polar surface area (TPSA) is 24.5 Å². The largest absolute Gasteiger partial charge is 0.484 e. The Balaban J connectivity index is 1.90. The van der Waals surface area contributed by atoms with Crippen molar-refractivity contribution in [2.24, 2.45) is 0 Å². The van der Waals surface area contributed by atoms with Crippen molar-refractivity contribution in [3.8, 4) is 5.75 Å². The van der Waals surface area contributed by atoms with E-state index in [4.69, 9.17) is 4.74 Å². The van der Waals surface area contributed by atoms with Gasteiger partial charge in [-0.3, -0.25) is 4.90 Å². The zero-order chi connectivity index (χ0) is 13.7. The molecule has 1 aliphatic rings. The maximum Gasteiger partial charge on any atom is 0.422 e. The van der Waals surface area contributed by atoms with Crippen molar-refractivity contribution in [1.82, 2.24) is 10.2 Å². The smallest absolute Gasteiger partial charge is 0.422 e. The van der Waals surface area contributed by atoms with Gasteiger partial charge in [-0.2, -0.15) is 13.2 Å². The molecule has 0 aromatic heterocycles. The van der Waals surface area contributed by atoms with Gasteiger partial charge in [0.05, 0.1) is 0 Å². The van der Waals surface area contributed by atoms with E-state index in [1.807, 2.05) is 6.07 Å². The average Bonchev–Trinajstić information content (AvgIpc) is 2.37. The minimum absolute atomic E-state index is 0.268. The third-order valence-corrected chi connectivity index (χ3v) is 2.92. The SMILES string of the molecule is FC(F)(F)COc1cccc(CN2CCNCC2)c1. The highest BCUT2D eigenvalue weighted by Crippen LogP contribution is 2.20. The van der Waals surface area contributed by atoms with Crippen molar-refractivity contribution in [1.29, 1.82) is 0 Å². The summed E-state index contributed by atoms with van der Waals surface area (Å²) in [4.78, 5) is 2.26. The second-order valence-corrected chi connectivity index (χ2v) is 4.58. The van der Waals surface area contributed by atoms with Crippen molar-refractivity contribution in [3.05, 3.63) is 29.8 Å². The Morgan fingerprint density at radius 3 is 2.63 bits per heavy atom. The quantitative estimate of drug-likeness (QED) is 0.909. The lowest BCUT2D eigenvalue weighted by atomic mass is 10.2. The molecule has 0 amide bonds. The Morgan fingerprint density at radius 1 is 1.21 bits per heavy atom. The summed E-state index contributed by atoms with van der Waals surface area (Å²) in [6, 6.07) is 6.85. The van der Waals surface area contributed by atoms with E-state index in [9.17, 15) is 13.2 Å². The van der Waals surface area contributed by atoms with Gasteiger partial charge in [0.1, 0.15) is 5.75 Å². The van der Waals surface area contributed by atoms with E-state index in [1.54, 1.807) is 18.2 Å². The number of piperazine rings is 1. The zero-order valence-corrected chi connectivity index (χ0v) is 10.5. The molecular formula is C13H17F3N2O. The first-order chi connectivity index (χ1) is 9.03. The van der Waals surface area contributed by atoms with Crippen LogP contribution in [0.15, 0.2) is 24.3 Å². The third kappa shape index (κ3) is 5.08. The van der Waals surface area contributed by atoms with Crippen LogP contribution in [-0.4, -0.2) is 43.9 Å². The fourth-order valence-corrected chi connectivity index (χ4v) is 2.03. The Hall–Kier alpha value is -1.27. The second kappa shape index (κ2) is 6.25. The van der Waals surface area contributed by atoms with Crippen LogP contribution in [0.25, 0.3) is 0 Å². The molecule has 0 bridgehead atoms. The number of ether oxygens (including phenoxy) is 1. The number of hydrogen-bond donors (Lipinski definition) is 1. The molecule has 0 unspecified atom stereocenters. The van der Waals surface area contributed by atoms with Crippen LogP contribution in [0, 0.1) is 0 Å². The average molecular weight is 274 g/mol. The summed E-state index contributed by atoms with van der Waals surface area (Å²) < 4.78 is 41.0. The summed E-state index contributed by atoms with van der Waals surface area (Å²) in [7, 11) is 0. The third-order valence-electron chi connectivity index (χ3n) is 2.92. The lowest BCUT2D eigenvalue weighted by Gasteiger charge is -2.27. The van der Waals surface area contributed by atoms with Crippen molar-refractivity contribution in [2.45, 2.75) is 12.7 Å². The molecule has 0 spiro atoms. The van der Waals surface area contributed by atoms with Gasteiger partial charge in [0.2, 0.25) is 0 Å². The number of nitrogens with zero attached hydrogens (tertiary/aromatic N) is 1. The molecule has 1 N–H and O–H groups in total. The van der Waals surface area contributed by atoms with Crippen LogP contribution >= 0.6 is 0 Å². The standard InChI is InChI=1S/C13H17F3N2O/c14-13(15,16)10-19-12-3-1-2-11(8-12)9-18-6-4-17-5-7-18/h1-3,8,17H,4-7,9-10H2. The molecule has 6 heteroatoms.